The van der Waals surface area contributed by atoms with Gasteiger partial charge in [-0.3, -0.25) is 0 Å². The van der Waals surface area contributed by atoms with E-state index in [2.05, 4.69) is 5.92 Å². The van der Waals surface area contributed by atoms with Crippen LogP contribution in [0.1, 0.15) is 12.0 Å². The van der Waals surface area contributed by atoms with E-state index in [0.29, 0.717) is 18.6 Å². The molecule has 0 unspecified atom stereocenters. The smallest absolute Gasteiger partial charge is 0.243 e. The third kappa shape index (κ3) is 4.45. The van der Waals surface area contributed by atoms with Crippen molar-refractivity contribution in [3.05, 3.63) is 23.8 Å². The predicted molar refractivity (Wildman–Crippen MR) is 83.1 cm³/mol. The van der Waals surface area contributed by atoms with Crippen LogP contribution >= 0.6 is 0 Å². The van der Waals surface area contributed by atoms with Crippen molar-refractivity contribution in [3.63, 3.8) is 0 Å². The lowest BCUT2D eigenvalue weighted by atomic mass is 10.1. The predicted octanol–water partition coefficient (Wildman–Crippen LogP) is 0.236. The average molecular weight is 327 g/mol. The number of terminal acetylenes is 1. The standard InChI is InChI=1S/C15H21NO5S/c1-3-4-5-13-6-7-14(12-15(13)21-2)22(19,20)16(8-10-17)9-11-18/h1,6-7,12,17-18H,4-5,8-11H2,2H3. The van der Waals surface area contributed by atoms with E-state index in [0.717, 1.165) is 9.87 Å². The molecule has 0 radical (unpaired) electrons. The molecular formula is C15H21NO5S. The van der Waals surface area contributed by atoms with Crippen LogP contribution in [0.2, 0.25) is 0 Å². The summed E-state index contributed by atoms with van der Waals surface area (Å²) in [4.78, 5) is 0.0516. The van der Waals surface area contributed by atoms with Gasteiger partial charge in [0.15, 0.2) is 0 Å². The minimum atomic E-state index is -3.80. The Bertz CT molecular complexity index is 615. The number of hydrogen-bond donors (Lipinski definition) is 2. The first kappa shape index (κ1) is 18.5. The second kappa shape index (κ2) is 8.76. The number of benzene rings is 1. The molecule has 0 saturated carbocycles. The molecule has 0 aromatic heterocycles. The summed E-state index contributed by atoms with van der Waals surface area (Å²) in [5.41, 5.74) is 0.829. The zero-order valence-electron chi connectivity index (χ0n) is 12.5. The zero-order valence-corrected chi connectivity index (χ0v) is 13.3. The molecule has 1 aromatic rings. The van der Waals surface area contributed by atoms with E-state index < -0.39 is 10.0 Å². The van der Waals surface area contributed by atoms with Gasteiger partial charge in [-0.2, -0.15) is 4.31 Å². The molecule has 2 N–H and O–H groups in total. The monoisotopic (exact) mass is 327 g/mol. The minimum Gasteiger partial charge on any atom is -0.496 e. The molecular weight excluding hydrogens is 306 g/mol. The maximum absolute atomic E-state index is 12.5. The van der Waals surface area contributed by atoms with Gasteiger partial charge in [0.25, 0.3) is 0 Å². The van der Waals surface area contributed by atoms with Gasteiger partial charge >= 0.3 is 0 Å². The summed E-state index contributed by atoms with van der Waals surface area (Å²) in [6, 6.07) is 4.58. The van der Waals surface area contributed by atoms with Crippen molar-refractivity contribution < 1.29 is 23.4 Å². The first-order valence-corrected chi connectivity index (χ1v) is 8.27. The lowest BCUT2D eigenvalue weighted by molar-refractivity contribution is 0.217. The molecule has 0 aliphatic rings. The van der Waals surface area contributed by atoms with Gasteiger partial charge in [-0.15, -0.1) is 12.3 Å². The molecule has 0 fully saturated rings. The summed E-state index contributed by atoms with van der Waals surface area (Å²) < 4.78 is 31.3. The largest absolute Gasteiger partial charge is 0.496 e. The highest BCUT2D eigenvalue weighted by atomic mass is 32.2. The van der Waals surface area contributed by atoms with E-state index in [1.165, 1.54) is 19.2 Å². The van der Waals surface area contributed by atoms with E-state index >= 15 is 0 Å². The Kier molecular flexibility index (Phi) is 7.35. The molecule has 1 rings (SSSR count). The summed E-state index contributed by atoms with van der Waals surface area (Å²) in [6.07, 6.45) is 6.36. The van der Waals surface area contributed by atoms with Crippen molar-refractivity contribution in [2.75, 3.05) is 33.4 Å². The number of ether oxygens (including phenoxy) is 1. The molecule has 6 nitrogen and oxygen atoms in total. The number of nitrogens with zero attached hydrogens (tertiary/aromatic N) is 1. The molecule has 1 aromatic carbocycles. The topological polar surface area (TPSA) is 87.1 Å². The van der Waals surface area contributed by atoms with Gasteiger partial charge in [-0.1, -0.05) is 6.07 Å². The van der Waals surface area contributed by atoms with Crippen LogP contribution < -0.4 is 4.74 Å². The number of hydrogen-bond acceptors (Lipinski definition) is 5. The summed E-state index contributed by atoms with van der Waals surface area (Å²) in [6.45, 7) is -0.804. The van der Waals surface area contributed by atoms with Gasteiger partial charge in [0.2, 0.25) is 10.0 Å². The van der Waals surface area contributed by atoms with E-state index in [9.17, 15) is 8.42 Å². The minimum absolute atomic E-state index is 0.0516. The molecule has 0 heterocycles. The molecule has 0 saturated heterocycles. The van der Waals surface area contributed by atoms with Crippen LogP contribution in [0, 0.1) is 12.3 Å². The highest BCUT2D eigenvalue weighted by Crippen LogP contribution is 2.26. The van der Waals surface area contributed by atoms with Gasteiger partial charge < -0.3 is 14.9 Å². The number of rotatable bonds is 9. The highest BCUT2D eigenvalue weighted by molar-refractivity contribution is 7.89. The van der Waals surface area contributed by atoms with Crippen LogP contribution in [-0.2, 0) is 16.4 Å². The molecule has 0 atom stereocenters. The van der Waals surface area contributed by atoms with Crippen LogP contribution in [0.15, 0.2) is 23.1 Å². The molecule has 0 bridgehead atoms. The lowest BCUT2D eigenvalue weighted by Crippen LogP contribution is -2.35. The van der Waals surface area contributed by atoms with E-state index in [4.69, 9.17) is 21.4 Å². The van der Waals surface area contributed by atoms with Gasteiger partial charge in [0, 0.05) is 25.6 Å². The third-order valence-electron chi connectivity index (χ3n) is 3.13. The van der Waals surface area contributed by atoms with Crippen molar-refractivity contribution in [2.45, 2.75) is 17.7 Å². The number of methoxy groups -OCH3 is 1. The van der Waals surface area contributed by atoms with Gasteiger partial charge in [0.1, 0.15) is 5.75 Å². The summed E-state index contributed by atoms with van der Waals surface area (Å²) >= 11 is 0. The molecule has 0 aliphatic heterocycles. The Labute approximate surface area is 131 Å². The highest BCUT2D eigenvalue weighted by Gasteiger charge is 2.24. The van der Waals surface area contributed by atoms with Gasteiger partial charge in [0.05, 0.1) is 25.2 Å². The first-order chi connectivity index (χ1) is 10.5. The maximum Gasteiger partial charge on any atom is 0.243 e. The van der Waals surface area contributed by atoms with Crippen molar-refractivity contribution in [1.82, 2.24) is 4.31 Å². The van der Waals surface area contributed by atoms with E-state index in [1.54, 1.807) is 6.07 Å². The molecule has 0 aliphatic carbocycles. The van der Waals surface area contributed by atoms with Crippen molar-refractivity contribution >= 4 is 10.0 Å². The fourth-order valence-electron chi connectivity index (χ4n) is 2.02. The van der Waals surface area contributed by atoms with Crippen molar-refractivity contribution in [2.24, 2.45) is 0 Å². The van der Waals surface area contributed by atoms with E-state index in [1.807, 2.05) is 0 Å². The molecule has 0 spiro atoms. The van der Waals surface area contributed by atoms with Gasteiger partial charge in [-0.25, -0.2) is 8.42 Å². The van der Waals surface area contributed by atoms with Gasteiger partial charge in [-0.05, 0) is 18.1 Å². The van der Waals surface area contributed by atoms with Crippen molar-refractivity contribution in [1.29, 1.82) is 0 Å². The van der Waals surface area contributed by atoms with Crippen LogP contribution in [0.4, 0.5) is 0 Å². The molecule has 7 heteroatoms. The first-order valence-electron chi connectivity index (χ1n) is 6.83. The number of aliphatic hydroxyl groups is 2. The quantitative estimate of drug-likeness (QED) is 0.634. The lowest BCUT2D eigenvalue weighted by Gasteiger charge is -2.21. The second-order valence-electron chi connectivity index (χ2n) is 4.53. The maximum atomic E-state index is 12.5. The Balaban J connectivity index is 3.16. The fraction of sp³-hybridized carbons (Fsp3) is 0.467. The Morgan fingerprint density at radius 2 is 1.91 bits per heavy atom. The zero-order chi connectivity index (χ0) is 16.6. The fourth-order valence-corrected chi connectivity index (χ4v) is 3.46. The summed E-state index contributed by atoms with van der Waals surface area (Å²) in [7, 11) is -2.34. The van der Waals surface area contributed by atoms with Crippen LogP contribution in [0.25, 0.3) is 0 Å². The SMILES string of the molecule is C#CCCc1ccc(S(=O)(=O)N(CCO)CCO)cc1OC. The Hall–Kier alpha value is -1.59. The number of aliphatic hydroxyl groups excluding tert-OH is 2. The summed E-state index contributed by atoms with van der Waals surface area (Å²) in [5, 5.41) is 18.0. The second-order valence-corrected chi connectivity index (χ2v) is 6.47. The van der Waals surface area contributed by atoms with Crippen LogP contribution in [-0.4, -0.2) is 56.3 Å². The Morgan fingerprint density at radius 1 is 1.27 bits per heavy atom. The van der Waals surface area contributed by atoms with Crippen LogP contribution in [0.5, 0.6) is 5.75 Å². The van der Waals surface area contributed by atoms with Crippen molar-refractivity contribution in [3.8, 4) is 18.1 Å². The Morgan fingerprint density at radius 3 is 2.41 bits per heavy atom. The number of sulfonamides is 1. The average Bonchev–Trinajstić information content (AvgIpc) is 2.52. The van der Waals surface area contributed by atoms with Crippen LogP contribution in [0.3, 0.4) is 0 Å². The molecule has 22 heavy (non-hydrogen) atoms. The molecule has 122 valence electrons. The normalized spacial score (nSPS) is 11.4. The third-order valence-corrected chi connectivity index (χ3v) is 5.03. The van der Waals surface area contributed by atoms with E-state index in [-0.39, 0.29) is 31.2 Å². The molecule has 0 amide bonds. The summed E-state index contributed by atoms with van der Waals surface area (Å²) in [5.74, 6) is 2.97. The number of aryl methyl sites for hydroxylation is 1.